The van der Waals surface area contributed by atoms with Gasteiger partial charge in [-0.2, -0.15) is 0 Å². The highest BCUT2D eigenvalue weighted by molar-refractivity contribution is 8.00. The summed E-state index contributed by atoms with van der Waals surface area (Å²) in [6, 6.07) is 25.8. The molecule has 1 heterocycles. The largest absolute Gasteiger partial charge is 0.325 e. The molecule has 0 radical (unpaired) electrons. The van der Waals surface area contributed by atoms with Crippen LogP contribution in [-0.2, 0) is 9.59 Å². The number of aryl methyl sites for hydroxylation is 2. The number of amides is 3. The minimum absolute atomic E-state index is 0.0690. The van der Waals surface area contributed by atoms with Gasteiger partial charge in [-0.1, -0.05) is 49.4 Å². The summed E-state index contributed by atoms with van der Waals surface area (Å²) in [5.41, 5.74) is 4.05. The summed E-state index contributed by atoms with van der Waals surface area (Å²) >= 11 is 2.91. The molecular formula is C32H31N3O3S2. The van der Waals surface area contributed by atoms with Crippen molar-refractivity contribution in [2.24, 2.45) is 0 Å². The third kappa shape index (κ3) is 7.94. The number of thiophene rings is 1. The topological polar surface area (TPSA) is 87.3 Å². The molecule has 0 saturated heterocycles. The first kappa shape index (κ1) is 28.9. The molecule has 0 aliphatic carbocycles. The highest BCUT2D eigenvalue weighted by Crippen LogP contribution is 2.29. The summed E-state index contributed by atoms with van der Waals surface area (Å²) in [6.45, 7) is 5.94. The Balaban J connectivity index is 1.47. The molecule has 40 heavy (non-hydrogen) atoms. The Morgan fingerprint density at radius 3 is 2.42 bits per heavy atom. The minimum atomic E-state index is -0.445. The lowest BCUT2D eigenvalue weighted by atomic mass is 10.1. The van der Waals surface area contributed by atoms with Crippen molar-refractivity contribution < 1.29 is 14.4 Å². The van der Waals surface area contributed by atoms with E-state index in [-0.39, 0.29) is 22.8 Å². The van der Waals surface area contributed by atoms with Crippen LogP contribution in [0.4, 0.5) is 11.4 Å². The maximum Gasteiger partial charge on any atom is 0.272 e. The molecule has 0 aliphatic rings. The molecule has 0 spiro atoms. The van der Waals surface area contributed by atoms with Gasteiger partial charge in [-0.05, 0) is 85.3 Å². The standard InChI is InChI=1S/C32H31N3O3S2/c1-4-29(32(38)34-27-18-21(2)15-16-22(27)3)40-26-13-8-12-24(19-26)33-31(37)28(20-25-14-9-17-39-25)35-30(36)23-10-6-5-7-11-23/h5-20,29H,4H2,1-3H3,(H,33,37)(H,34,38)(H,35,36)/b28-20-. The van der Waals surface area contributed by atoms with Gasteiger partial charge in [-0.15, -0.1) is 23.1 Å². The highest BCUT2D eigenvalue weighted by atomic mass is 32.2. The molecule has 0 bridgehead atoms. The van der Waals surface area contributed by atoms with E-state index in [0.717, 1.165) is 26.6 Å². The van der Waals surface area contributed by atoms with Gasteiger partial charge < -0.3 is 16.0 Å². The molecule has 8 heteroatoms. The van der Waals surface area contributed by atoms with Crippen molar-refractivity contribution in [3.8, 4) is 0 Å². The van der Waals surface area contributed by atoms with Crippen LogP contribution in [0, 0.1) is 13.8 Å². The van der Waals surface area contributed by atoms with E-state index in [1.54, 1.807) is 36.4 Å². The molecule has 6 nitrogen and oxygen atoms in total. The zero-order valence-electron chi connectivity index (χ0n) is 22.6. The second kappa shape index (κ2) is 13.8. The molecule has 3 N–H and O–H groups in total. The maximum absolute atomic E-state index is 13.3. The number of benzene rings is 3. The number of anilines is 2. The Hall–Kier alpha value is -4.14. The molecule has 3 amide bonds. The fraction of sp³-hybridized carbons (Fsp3) is 0.156. The lowest BCUT2D eigenvalue weighted by molar-refractivity contribution is -0.116. The van der Waals surface area contributed by atoms with Crippen molar-refractivity contribution in [1.82, 2.24) is 5.32 Å². The number of carbonyl (C=O) groups excluding carboxylic acids is 3. The zero-order chi connectivity index (χ0) is 28.5. The number of thioether (sulfide) groups is 1. The fourth-order valence-corrected chi connectivity index (χ4v) is 5.54. The average molecular weight is 570 g/mol. The van der Waals surface area contributed by atoms with E-state index >= 15 is 0 Å². The SMILES string of the molecule is CCC(Sc1cccc(NC(=O)/C(=C/c2cccs2)NC(=O)c2ccccc2)c1)C(=O)Nc1cc(C)ccc1C. The third-order valence-corrected chi connectivity index (χ3v) is 8.22. The van der Waals surface area contributed by atoms with E-state index in [4.69, 9.17) is 0 Å². The van der Waals surface area contributed by atoms with E-state index in [0.29, 0.717) is 17.7 Å². The smallest absolute Gasteiger partial charge is 0.272 e. The summed E-state index contributed by atoms with van der Waals surface area (Å²) in [6.07, 6.45) is 2.29. The first-order valence-electron chi connectivity index (χ1n) is 12.9. The molecule has 4 aromatic rings. The summed E-state index contributed by atoms with van der Waals surface area (Å²) in [7, 11) is 0. The van der Waals surface area contributed by atoms with Crippen LogP contribution in [0.5, 0.6) is 0 Å². The van der Waals surface area contributed by atoms with Crippen LogP contribution in [0.3, 0.4) is 0 Å². The van der Waals surface area contributed by atoms with Crippen LogP contribution in [0.2, 0.25) is 0 Å². The fourth-order valence-electron chi connectivity index (χ4n) is 3.87. The van der Waals surface area contributed by atoms with Crippen molar-refractivity contribution in [2.45, 2.75) is 37.3 Å². The van der Waals surface area contributed by atoms with Gasteiger partial charge in [0.1, 0.15) is 5.70 Å². The molecule has 0 saturated carbocycles. The Morgan fingerprint density at radius 1 is 0.900 bits per heavy atom. The summed E-state index contributed by atoms with van der Waals surface area (Å²) in [5.74, 6) is -0.886. The monoisotopic (exact) mass is 569 g/mol. The summed E-state index contributed by atoms with van der Waals surface area (Å²) < 4.78 is 0. The van der Waals surface area contributed by atoms with Crippen molar-refractivity contribution in [1.29, 1.82) is 0 Å². The van der Waals surface area contributed by atoms with E-state index in [1.807, 2.05) is 80.7 Å². The van der Waals surface area contributed by atoms with Crippen molar-refractivity contribution in [3.05, 3.63) is 118 Å². The molecule has 0 fully saturated rings. The minimum Gasteiger partial charge on any atom is -0.325 e. The normalized spacial score (nSPS) is 11.9. The van der Waals surface area contributed by atoms with Crippen molar-refractivity contribution in [3.63, 3.8) is 0 Å². The summed E-state index contributed by atoms with van der Waals surface area (Å²) in [5, 5.41) is 10.3. The predicted molar refractivity (Wildman–Crippen MR) is 166 cm³/mol. The quantitative estimate of drug-likeness (QED) is 0.138. The lowest BCUT2D eigenvalue weighted by Crippen LogP contribution is -2.30. The van der Waals surface area contributed by atoms with E-state index in [1.165, 1.54) is 23.1 Å². The average Bonchev–Trinajstić information content (AvgIpc) is 3.47. The van der Waals surface area contributed by atoms with Crippen molar-refractivity contribution >= 4 is 58.3 Å². The molecule has 4 rings (SSSR count). The highest BCUT2D eigenvalue weighted by Gasteiger charge is 2.20. The van der Waals surface area contributed by atoms with Gasteiger partial charge in [0.15, 0.2) is 0 Å². The Labute approximate surface area is 242 Å². The molecule has 1 atom stereocenters. The van der Waals surface area contributed by atoms with Gasteiger partial charge in [0.05, 0.1) is 5.25 Å². The lowest BCUT2D eigenvalue weighted by Gasteiger charge is -2.17. The van der Waals surface area contributed by atoms with Crippen LogP contribution in [-0.4, -0.2) is 23.0 Å². The second-order valence-corrected chi connectivity index (χ2v) is 11.5. The number of nitrogens with one attached hydrogen (secondary N) is 3. The van der Waals surface area contributed by atoms with Gasteiger partial charge in [-0.3, -0.25) is 14.4 Å². The van der Waals surface area contributed by atoms with Crippen LogP contribution < -0.4 is 16.0 Å². The number of hydrogen-bond acceptors (Lipinski definition) is 5. The van der Waals surface area contributed by atoms with E-state index < -0.39 is 5.91 Å². The summed E-state index contributed by atoms with van der Waals surface area (Å²) in [4.78, 5) is 40.9. The third-order valence-electron chi connectivity index (χ3n) is 6.04. The number of carbonyl (C=O) groups is 3. The van der Waals surface area contributed by atoms with E-state index in [2.05, 4.69) is 16.0 Å². The first-order chi connectivity index (χ1) is 19.3. The van der Waals surface area contributed by atoms with Crippen LogP contribution in [0.15, 0.2) is 101 Å². The van der Waals surface area contributed by atoms with Crippen LogP contribution >= 0.6 is 23.1 Å². The number of rotatable bonds is 10. The van der Waals surface area contributed by atoms with Gasteiger partial charge in [0, 0.05) is 26.7 Å². The Bertz CT molecular complexity index is 1520. The van der Waals surface area contributed by atoms with Crippen LogP contribution in [0.1, 0.15) is 39.7 Å². The Kier molecular flexibility index (Phi) is 9.94. The molecule has 3 aromatic carbocycles. The van der Waals surface area contributed by atoms with Crippen LogP contribution in [0.25, 0.3) is 6.08 Å². The van der Waals surface area contributed by atoms with E-state index in [9.17, 15) is 14.4 Å². The van der Waals surface area contributed by atoms with Gasteiger partial charge in [0.25, 0.3) is 11.8 Å². The van der Waals surface area contributed by atoms with Gasteiger partial charge >= 0.3 is 0 Å². The second-order valence-electron chi connectivity index (χ2n) is 9.20. The maximum atomic E-state index is 13.3. The molecule has 204 valence electrons. The molecule has 1 unspecified atom stereocenters. The number of hydrogen-bond donors (Lipinski definition) is 3. The van der Waals surface area contributed by atoms with Gasteiger partial charge in [0.2, 0.25) is 5.91 Å². The molecule has 1 aromatic heterocycles. The first-order valence-corrected chi connectivity index (χ1v) is 14.7. The molecular weight excluding hydrogens is 539 g/mol. The Morgan fingerprint density at radius 2 is 1.70 bits per heavy atom. The van der Waals surface area contributed by atoms with Crippen molar-refractivity contribution in [2.75, 3.05) is 10.6 Å². The predicted octanol–water partition coefficient (Wildman–Crippen LogP) is 7.28. The zero-order valence-corrected chi connectivity index (χ0v) is 24.2. The molecule has 0 aliphatic heterocycles. The van der Waals surface area contributed by atoms with Gasteiger partial charge in [-0.25, -0.2) is 0 Å².